The van der Waals surface area contributed by atoms with Crippen molar-refractivity contribution in [1.29, 1.82) is 0 Å². The van der Waals surface area contributed by atoms with Gasteiger partial charge in [-0.1, -0.05) is 6.07 Å². The highest BCUT2D eigenvalue weighted by molar-refractivity contribution is 5.79. The second-order valence-corrected chi connectivity index (χ2v) is 3.52. The van der Waals surface area contributed by atoms with Crippen LogP contribution >= 0.6 is 0 Å². The highest BCUT2D eigenvalue weighted by Crippen LogP contribution is 2.30. The van der Waals surface area contributed by atoms with Crippen molar-refractivity contribution in [2.75, 3.05) is 6.61 Å². The van der Waals surface area contributed by atoms with E-state index in [1.54, 1.807) is 12.1 Å². The lowest BCUT2D eigenvalue weighted by Crippen LogP contribution is -2.02. The summed E-state index contributed by atoms with van der Waals surface area (Å²) in [5.41, 5.74) is 0.0214. The SMILES string of the molecule is O=Cc1c(F)cccc1OCC1CC1. The Kier molecular flexibility index (Phi) is 2.48. The van der Waals surface area contributed by atoms with Gasteiger partial charge in [-0.25, -0.2) is 4.39 Å². The maximum atomic E-state index is 13.1. The minimum atomic E-state index is -0.520. The van der Waals surface area contributed by atoms with Crippen molar-refractivity contribution in [2.24, 2.45) is 5.92 Å². The molecule has 0 unspecified atom stereocenters. The third-order valence-corrected chi connectivity index (χ3v) is 2.30. The van der Waals surface area contributed by atoms with Gasteiger partial charge in [-0.2, -0.15) is 0 Å². The predicted octanol–water partition coefficient (Wildman–Crippen LogP) is 2.43. The molecule has 2 rings (SSSR count). The van der Waals surface area contributed by atoms with Crippen molar-refractivity contribution < 1.29 is 13.9 Å². The zero-order chi connectivity index (χ0) is 9.97. The van der Waals surface area contributed by atoms with Gasteiger partial charge in [0.15, 0.2) is 6.29 Å². The highest BCUT2D eigenvalue weighted by Gasteiger charge is 2.22. The van der Waals surface area contributed by atoms with Crippen molar-refractivity contribution in [3.05, 3.63) is 29.6 Å². The van der Waals surface area contributed by atoms with Crippen LogP contribution in [0.25, 0.3) is 0 Å². The Labute approximate surface area is 81.7 Å². The largest absolute Gasteiger partial charge is 0.492 e. The molecule has 0 radical (unpaired) electrons. The first kappa shape index (κ1) is 9.19. The van der Waals surface area contributed by atoms with E-state index in [-0.39, 0.29) is 5.56 Å². The summed E-state index contributed by atoms with van der Waals surface area (Å²) in [4.78, 5) is 10.6. The topological polar surface area (TPSA) is 26.3 Å². The normalized spacial score (nSPS) is 15.2. The fraction of sp³-hybridized carbons (Fsp3) is 0.364. The molecule has 0 aliphatic heterocycles. The Morgan fingerprint density at radius 3 is 2.93 bits per heavy atom. The first-order chi connectivity index (χ1) is 6.81. The van der Waals surface area contributed by atoms with Crippen LogP contribution in [0.1, 0.15) is 23.2 Å². The Balaban J connectivity index is 2.13. The van der Waals surface area contributed by atoms with Crippen LogP contribution in [-0.2, 0) is 0 Å². The van der Waals surface area contributed by atoms with Gasteiger partial charge < -0.3 is 4.74 Å². The van der Waals surface area contributed by atoms with E-state index in [0.717, 1.165) is 0 Å². The molecule has 0 heterocycles. The van der Waals surface area contributed by atoms with E-state index in [1.165, 1.54) is 18.9 Å². The third-order valence-electron chi connectivity index (χ3n) is 2.30. The molecule has 1 aromatic carbocycles. The van der Waals surface area contributed by atoms with Crippen LogP contribution in [0.5, 0.6) is 5.75 Å². The highest BCUT2D eigenvalue weighted by atomic mass is 19.1. The fourth-order valence-corrected chi connectivity index (χ4v) is 1.25. The van der Waals surface area contributed by atoms with Crippen molar-refractivity contribution in [1.82, 2.24) is 0 Å². The molecule has 0 N–H and O–H groups in total. The summed E-state index contributed by atoms with van der Waals surface area (Å²) < 4.78 is 18.4. The van der Waals surface area contributed by atoms with Gasteiger partial charge in [0.25, 0.3) is 0 Å². The lowest BCUT2D eigenvalue weighted by Gasteiger charge is -2.07. The zero-order valence-corrected chi connectivity index (χ0v) is 7.70. The molecule has 0 bridgehead atoms. The molecule has 0 amide bonds. The lowest BCUT2D eigenvalue weighted by molar-refractivity contribution is 0.111. The fourth-order valence-electron chi connectivity index (χ4n) is 1.25. The first-order valence-electron chi connectivity index (χ1n) is 4.67. The van der Waals surface area contributed by atoms with E-state index < -0.39 is 5.82 Å². The molecule has 1 aliphatic carbocycles. The summed E-state index contributed by atoms with van der Waals surface area (Å²) >= 11 is 0. The third kappa shape index (κ3) is 1.92. The summed E-state index contributed by atoms with van der Waals surface area (Å²) in [5, 5.41) is 0. The van der Waals surface area contributed by atoms with E-state index in [4.69, 9.17) is 4.74 Å². The van der Waals surface area contributed by atoms with Gasteiger partial charge in [-0.15, -0.1) is 0 Å². The molecule has 2 nitrogen and oxygen atoms in total. The van der Waals surface area contributed by atoms with Crippen LogP contribution in [0, 0.1) is 11.7 Å². The summed E-state index contributed by atoms with van der Waals surface area (Å²) in [7, 11) is 0. The van der Waals surface area contributed by atoms with Crippen molar-refractivity contribution in [3.8, 4) is 5.75 Å². The Hall–Kier alpha value is -1.38. The molecule has 74 valence electrons. The minimum absolute atomic E-state index is 0.0214. The van der Waals surface area contributed by atoms with Gasteiger partial charge in [0.05, 0.1) is 12.2 Å². The Morgan fingerprint density at radius 2 is 2.29 bits per heavy atom. The summed E-state index contributed by atoms with van der Waals surface area (Å²) in [6.45, 7) is 0.588. The average Bonchev–Trinajstić information content (AvgIpc) is 2.98. The maximum Gasteiger partial charge on any atom is 0.156 e. The summed E-state index contributed by atoms with van der Waals surface area (Å²) in [6, 6.07) is 4.42. The Bertz CT molecular complexity index is 345. The number of ether oxygens (including phenoxy) is 1. The standard InChI is InChI=1S/C11H11FO2/c12-10-2-1-3-11(9(10)6-13)14-7-8-4-5-8/h1-3,6,8H,4-5,7H2. The number of aldehydes is 1. The number of carbonyl (C=O) groups excluding carboxylic acids is 1. The van der Waals surface area contributed by atoms with Crippen LogP contribution in [0.15, 0.2) is 18.2 Å². The summed E-state index contributed by atoms with van der Waals surface area (Å²) in [5.74, 6) is 0.429. The van der Waals surface area contributed by atoms with E-state index in [2.05, 4.69) is 0 Å². The van der Waals surface area contributed by atoms with Crippen LogP contribution in [0.2, 0.25) is 0 Å². The van der Waals surface area contributed by atoms with Gasteiger partial charge in [-0.05, 0) is 30.9 Å². The van der Waals surface area contributed by atoms with Gasteiger partial charge in [0.2, 0.25) is 0 Å². The molecular formula is C11H11FO2. The maximum absolute atomic E-state index is 13.1. The predicted molar refractivity (Wildman–Crippen MR) is 50.0 cm³/mol. The molecule has 0 spiro atoms. The molecule has 1 aromatic rings. The summed E-state index contributed by atoms with van der Waals surface area (Å²) in [6.07, 6.45) is 2.84. The van der Waals surface area contributed by atoms with Crippen molar-refractivity contribution in [3.63, 3.8) is 0 Å². The van der Waals surface area contributed by atoms with Crippen LogP contribution in [0.3, 0.4) is 0 Å². The minimum Gasteiger partial charge on any atom is -0.492 e. The quantitative estimate of drug-likeness (QED) is 0.688. The van der Waals surface area contributed by atoms with Crippen molar-refractivity contribution in [2.45, 2.75) is 12.8 Å². The van der Waals surface area contributed by atoms with Gasteiger partial charge in [0.1, 0.15) is 11.6 Å². The van der Waals surface area contributed by atoms with E-state index in [0.29, 0.717) is 24.6 Å². The van der Waals surface area contributed by atoms with Crippen LogP contribution in [0.4, 0.5) is 4.39 Å². The monoisotopic (exact) mass is 194 g/mol. The molecule has 1 saturated carbocycles. The van der Waals surface area contributed by atoms with Crippen LogP contribution in [-0.4, -0.2) is 12.9 Å². The second-order valence-electron chi connectivity index (χ2n) is 3.52. The average molecular weight is 194 g/mol. The number of rotatable bonds is 4. The zero-order valence-electron chi connectivity index (χ0n) is 7.70. The molecule has 0 aromatic heterocycles. The number of halogens is 1. The van der Waals surface area contributed by atoms with Gasteiger partial charge >= 0.3 is 0 Å². The molecule has 0 saturated heterocycles. The number of hydrogen-bond donors (Lipinski definition) is 0. The number of carbonyl (C=O) groups is 1. The lowest BCUT2D eigenvalue weighted by atomic mass is 10.2. The molecule has 1 aliphatic rings. The van der Waals surface area contributed by atoms with Gasteiger partial charge in [-0.3, -0.25) is 4.79 Å². The van der Waals surface area contributed by atoms with E-state index in [1.807, 2.05) is 0 Å². The second kappa shape index (κ2) is 3.78. The van der Waals surface area contributed by atoms with E-state index in [9.17, 15) is 9.18 Å². The molecule has 3 heteroatoms. The molecule has 0 atom stereocenters. The molecule has 14 heavy (non-hydrogen) atoms. The van der Waals surface area contributed by atoms with E-state index >= 15 is 0 Å². The molecule has 1 fully saturated rings. The smallest absolute Gasteiger partial charge is 0.156 e. The first-order valence-corrected chi connectivity index (χ1v) is 4.67. The van der Waals surface area contributed by atoms with Crippen molar-refractivity contribution >= 4 is 6.29 Å². The Morgan fingerprint density at radius 1 is 1.50 bits per heavy atom. The number of hydrogen-bond acceptors (Lipinski definition) is 2. The van der Waals surface area contributed by atoms with Crippen LogP contribution < -0.4 is 4.74 Å². The van der Waals surface area contributed by atoms with Gasteiger partial charge in [0, 0.05) is 0 Å². The number of benzene rings is 1. The molecular weight excluding hydrogens is 183 g/mol.